The van der Waals surface area contributed by atoms with E-state index in [1.807, 2.05) is 36.4 Å². The second-order valence-corrected chi connectivity index (χ2v) is 7.76. The molecule has 25 heavy (non-hydrogen) atoms. The van der Waals surface area contributed by atoms with Crippen LogP contribution in [-0.2, 0) is 0 Å². The highest BCUT2D eigenvalue weighted by atomic mass is 32.2. The molecular weight excluding hydrogens is 330 g/mol. The summed E-state index contributed by atoms with van der Waals surface area (Å²) in [6.07, 6.45) is 2.72. The first-order valence-corrected chi connectivity index (χ1v) is 9.69. The Labute approximate surface area is 154 Å². The topological polar surface area (TPSA) is 64.5 Å². The van der Waals surface area contributed by atoms with E-state index in [1.54, 1.807) is 11.8 Å². The van der Waals surface area contributed by atoms with Gasteiger partial charge in [0.15, 0.2) is 0 Å². The van der Waals surface area contributed by atoms with Crippen LogP contribution in [0.5, 0.6) is 5.75 Å². The minimum Gasteiger partial charge on any atom is -0.488 e. The Morgan fingerprint density at radius 1 is 1.00 bits per heavy atom. The lowest BCUT2D eigenvalue weighted by atomic mass is 10.2. The molecular formula is C20H27N3OS. The van der Waals surface area contributed by atoms with Gasteiger partial charge < -0.3 is 16.2 Å². The molecule has 2 unspecified atom stereocenters. The molecule has 134 valence electrons. The van der Waals surface area contributed by atoms with E-state index < -0.39 is 0 Å². The van der Waals surface area contributed by atoms with E-state index in [9.17, 15) is 0 Å². The third kappa shape index (κ3) is 4.41. The van der Waals surface area contributed by atoms with Crippen molar-refractivity contribution in [1.82, 2.24) is 4.90 Å². The van der Waals surface area contributed by atoms with Gasteiger partial charge in [-0.05, 0) is 70.1 Å². The molecule has 0 spiro atoms. The molecule has 1 aliphatic rings. The summed E-state index contributed by atoms with van der Waals surface area (Å²) in [4.78, 5) is 4.66. The van der Waals surface area contributed by atoms with Crippen molar-refractivity contribution in [3.63, 3.8) is 0 Å². The van der Waals surface area contributed by atoms with Gasteiger partial charge in [0.2, 0.25) is 0 Å². The smallest absolute Gasteiger partial charge is 0.133 e. The minimum absolute atomic E-state index is 0.135. The summed E-state index contributed by atoms with van der Waals surface area (Å²) in [5, 5.41) is 0. The van der Waals surface area contributed by atoms with Gasteiger partial charge in [0.25, 0.3) is 0 Å². The van der Waals surface area contributed by atoms with Crippen molar-refractivity contribution in [2.75, 3.05) is 24.6 Å². The normalized spacial score (nSPS) is 17.4. The molecule has 2 aromatic carbocycles. The van der Waals surface area contributed by atoms with Crippen molar-refractivity contribution in [3.8, 4) is 5.75 Å². The van der Waals surface area contributed by atoms with Gasteiger partial charge in [-0.1, -0.05) is 23.9 Å². The van der Waals surface area contributed by atoms with E-state index in [2.05, 4.69) is 24.8 Å². The molecule has 0 radical (unpaired) electrons. The Balaban J connectivity index is 1.72. The number of ether oxygens (including phenoxy) is 1. The minimum atomic E-state index is 0.135. The van der Waals surface area contributed by atoms with Crippen molar-refractivity contribution in [3.05, 3.63) is 42.5 Å². The van der Waals surface area contributed by atoms with Gasteiger partial charge in [-0.25, -0.2) is 0 Å². The summed E-state index contributed by atoms with van der Waals surface area (Å²) in [5.74, 6) is 0.918. The molecule has 4 nitrogen and oxygen atoms in total. The zero-order valence-electron chi connectivity index (χ0n) is 14.9. The Kier molecular flexibility index (Phi) is 5.76. The number of rotatable bonds is 6. The third-order valence-electron chi connectivity index (χ3n) is 4.84. The fourth-order valence-electron chi connectivity index (χ4n) is 3.12. The van der Waals surface area contributed by atoms with Crippen LogP contribution < -0.4 is 16.2 Å². The Morgan fingerprint density at radius 2 is 1.72 bits per heavy atom. The summed E-state index contributed by atoms with van der Waals surface area (Å²) in [6, 6.07) is 14.3. The molecule has 1 fully saturated rings. The van der Waals surface area contributed by atoms with E-state index in [4.69, 9.17) is 16.2 Å². The lowest BCUT2D eigenvalue weighted by molar-refractivity contribution is 0.102. The molecule has 3 rings (SSSR count). The maximum Gasteiger partial charge on any atom is 0.133 e. The van der Waals surface area contributed by atoms with E-state index in [0.29, 0.717) is 17.4 Å². The maximum atomic E-state index is 6.33. The quantitative estimate of drug-likeness (QED) is 0.757. The van der Waals surface area contributed by atoms with Gasteiger partial charge in [0, 0.05) is 10.9 Å². The number of anilines is 2. The fourth-order valence-corrected chi connectivity index (χ4v) is 4.06. The van der Waals surface area contributed by atoms with Gasteiger partial charge in [-0.3, -0.25) is 4.90 Å². The molecule has 0 aromatic heterocycles. The molecule has 0 aliphatic carbocycles. The van der Waals surface area contributed by atoms with Crippen LogP contribution in [0.2, 0.25) is 0 Å². The second kappa shape index (κ2) is 8.02. The van der Waals surface area contributed by atoms with Crippen LogP contribution in [0.4, 0.5) is 11.4 Å². The molecule has 4 N–H and O–H groups in total. The molecule has 2 aromatic rings. The van der Waals surface area contributed by atoms with Crippen molar-refractivity contribution in [1.29, 1.82) is 0 Å². The summed E-state index contributed by atoms with van der Waals surface area (Å²) >= 11 is 1.65. The first-order valence-electron chi connectivity index (χ1n) is 8.87. The van der Waals surface area contributed by atoms with E-state index in [-0.39, 0.29) is 6.10 Å². The number of hydrogen-bond acceptors (Lipinski definition) is 5. The number of para-hydroxylation sites is 1. The first-order chi connectivity index (χ1) is 12.0. The van der Waals surface area contributed by atoms with Crippen molar-refractivity contribution in [2.24, 2.45) is 0 Å². The monoisotopic (exact) mass is 357 g/mol. The largest absolute Gasteiger partial charge is 0.488 e. The van der Waals surface area contributed by atoms with Gasteiger partial charge in [-0.15, -0.1) is 0 Å². The highest BCUT2D eigenvalue weighted by Crippen LogP contribution is 2.37. The van der Waals surface area contributed by atoms with E-state index >= 15 is 0 Å². The molecule has 1 aliphatic heterocycles. The predicted octanol–water partition coefficient (Wildman–Crippen LogP) is 4.25. The average Bonchev–Trinajstić information content (AvgIpc) is 3.13. The van der Waals surface area contributed by atoms with E-state index in [0.717, 1.165) is 15.5 Å². The zero-order chi connectivity index (χ0) is 17.8. The molecule has 0 bridgehead atoms. The number of likely N-dealkylation sites (tertiary alicyclic amines) is 1. The first kappa shape index (κ1) is 18.0. The van der Waals surface area contributed by atoms with Gasteiger partial charge in [-0.2, -0.15) is 0 Å². The highest BCUT2D eigenvalue weighted by molar-refractivity contribution is 7.99. The van der Waals surface area contributed by atoms with Crippen LogP contribution in [0.3, 0.4) is 0 Å². The summed E-state index contributed by atoms with van der Waals surface area (Å²) in [6.45, 7) is 6.77. The predicted molar refractivity (Wildman–Crippen MR) is 106 cm³/mol. The summed E-state index contributed by atoms with van der Waals surface area (Å²) in [5.41, 5.74) is 13.0. The molecule has 5 heteroatoms. The van der Waals surface area contributed by atoms with Crippen LogP contribution in [0.15, 0.2) is 52.3 Å². The van der Waals surface area contributed by atoms with Gasteiger partial charge >= 0.3 is 0 Å². The second-order valence-electron chi connectivity index (χ2n) is 6.65. The van der Waals surface area contributed by atoms with Gasteiger partial charge in [0.05, 0.1) is 16.3 Å². The maximum absolute atomic E-state index is 6.33. The highest BCUT2D eigenvalue weighted by Gasteiger charge is 2.24. The number of hydrogen-bond donors (Lipinski definition) is 2. The van der Waals surface area contributed by atoms with Crippen LogP contribution in [-0.4, -0.2) is 30.1 Å². The number of nitrogen functional groups attached to an aromatic ring is 2. The van der Waals surface area contributed by atoms with Crippen molar-refractivity contribution in [2.45, 2.75) is 48.6 Å². The lowest BCUT2D eigenvalue weighted by Crippen LogP contribution is -2.41. The van der Waals surface area contributed by atoms with Crippen molar-refractivity contribution < 1.29 is 4.74 Å². The summed E-state index contributed by atoms with van der Waals surface area (Å²) in [7, 11) is 0. The lowest BCUT2D eigenvalue weighted by Gasteiger charge is -2.30. The number of nitrogens with zero attached hydrogens (tertiary/aromatic N) is 1. The van der Waals surface area contributed by atoms with Crippen molar-refractivity contribution >= 4 is 23.1 Å². The van der Waals surface area contributed by atoms with E-state index in [1.165, 1.54) is 25.9 Å². The molecule has 2 atom stereocenters. The molecule has 1 heterocycles. The molecule has 1 saturated heterocycles. The number of benzene rings is 2. The van der Waals surface area contributed by atoms with Crippen LogP contribution in [0.25, 0.3) is 0 Å². The Hall–Kier alpha value is -1.85. The molecule has 0 amide bonds. The fraction of sp³-hybridized carbons (Fsp3) is 0.400. The average molecular weight is 358 g/mol. The Bertz CT molecular complexity index is 716. The van der Waals surface area contributed by atoms with Crippen LogP contribution >= 0.6 is 11.8 Å². The SMILES string of the molecule is CC(Oc1ccccc1Sc1ccc(N)c(N)c1)C(C)N1CCCC1. The zero-order valence-corrected chi connectivity index (χ0v) is 15.8. The van der Waals surface area contributed by atoms with Gasteiger partial charge in [0.1, 0.15) is 11.9 Å². The third-order valence-corrected chi connectivity index (χ3v) is 5.89. The van der Waals surface area contributed by atoms with Crippen LogP contribution in [0, 0.1) is 0 Å². The Morgan fingerprint density at radius 3 is 2.44 bits per heavy atom. The summed E-state index contributed by atoms with van der Waals surface area (Å²) < 4.78 is 6.33. The standard InChI is InChI=1S/C20H27N3OS/c1-14(23-11-5-6-12-23)15(2)24-19-7-3-4-8-20(19)25-16-9-10-17(21)18(22)13-16/h3-4,7-10,13-15H,5-6,11-12,21-22H2,1-2H3. The number of nitrogens with two attached hydrogens (primary N) is 2. The molecule has 0 saturated carbocycles. The van der Waals surface area contributed by atoms with Crippen LogP contribution in [0.1, 0.15) is 26.7 Å².